The SMILES string of the molecule is CN=C(NC1C2CCOC2C12CCC2)N1CCN(CC(C)C)CC1.I. The quantitative estimate of drug-likeness (QED) is 0.398. The fourth-order valence-corrected chi connectivity index (χ4v) is 5.55. The van der Waals surface area contributed by atoms with Gasteiger partial charge < -0.3 is 15.0 Å². The summed E-state index contributed by atoms with van der Waals surface area (Å²) in [5, 5.41) is 3.87. The van der Waals surface area contributed by atoms with Gasteiger partial charge in [0, 0.05) is 63.8 Å². The maximum atomic E-state index is 6.05. The summed E-state index contributed by atoms with van der Waals surface area (Å²) in [7, 11) is 1.94. The van der Waals surface area contributed by atoms with Crippen molar-refractivity contribution in [3.05, 3.63) is 0 Å². The van der Waals surface area contributed by atoms with Crippen LogP contribution < -0.4 is 5.32 Å². The number of hydrogen-bond donors (Lipinski definition) is 1. The van der Waals surface area contributed by atoms with Crippen molar-refractivity contribution in [3.8, 4) is 0 Å². The number of aliphatic imine (C=N–C) groups is 1. The molecule has 25 heavy (non-hydrogen) atoms. The van der Waals surface area contributed by atoms with E-state index in [1.54, 1.807) is 0 Å². The van der Waals surface area contributed by atoms with Crippen molar-refractivity contribution in [1.29, 1.82) is 0 Å². The number of ether oxygens (including phenoxy) is 1. The molecule has 2 saturated heterocycles. The van der Waals surface area contributed by atoms with Gasteiger partial charge in [-0.1, -0.05) is 20.3 Å². The first-order valence-electron chi connectivity index (χ1n) is 9.96. The number of guanidine groups is 1. The monoisotopic (exact) mass is 462 g/mol. The maximum Gasteiger partial charge on any atom is 0.193 e. The van der Waals surface area contributed by atoms with Crippen molar-refractivity contribution in [3.63, 3.8) is 0 Å². The van der Waals surface area contributed by atoms with Gasteiger partial charge in [-0.3, -0.25) is 9.89 Å². The second kappa shape index (κ2) is 7.89. The lowest BCUT2D eigenvalue weighted by Gasteiger charge is -2.63. The van der Waals surface area contributed by atoms with E-state index >= 15 is 0 Å². The number of rotatable bonds is 3. The van der Waals surface area contributed by atoms with Crippen molar-refractivity contribution in [2.45, 2.75) is 51.7 Å². The highest BCUT2D eigenvalue weighted by molar-refractivity contribution is 14.0. The van der Waals surface area contributed by atoms with Crippen LogP contribution in [0.4, 0.5) is 0 Å². The minimum atomic E-state index is 0. The molecule has 0 aromatic heterocycles. The van der Waals surface area contributed by atoms with Gasteiger partial charge in [0.2, 0.25) is 0 Å². The average Bonchev–Trinajstić information content (AvgIpc) is 2.92. The van der Waals surface area contributed by atoms with Crippen LogP contribution in [0.2, 0.25) is 0 Å². The first-order valence-corrected chi connectivity index (χ1v) is 9.96. The molecule has 2 aliphatic heterocycles. The van der Waals surface area contributed by atoms with E-state index in [1.165, 1.54) is 32.2 Å². The van der Waals surface area contributed by atoms with Gasteiger partial charge in [0.15, 0.2) is 5.96 Å². The minimum absolute atomic E-state index is 0. The molecule has 2 heterocycles. The normalized spacial score (nSPS) is 34.3. The highest BCUT2D eigenvalue weighted by atomic mass is 127. The summed E-state index contributed by atoms with van der Waals surface area (Å²) in [5.74, 6) is 2.59. The largest absolute Gasteiger partial charge is 0.377 e. The van der Waals surface area contributed by atoms with Crippen LogP contribution in [0, 0.1) is 17.3 Å². The standard InChI is InChI=1S/C19H34N4O.HI/c1-14(2)13-22-8-10-23(11-9-22)18(20-3)21-16-15-5-12-24-17(15)19(16)6-4-7-19;/h14-17H,4-13H2,1-3H3,(H,20,21);1H. The molecule has 5 nitrogen and oxygen atoms in total. The highest BCUT2D eigenvalue weighted by Crippen LogP contribution is 2.62. The molecule has 4 aliphatic rings. The Kier molecular flexibility index (Phi) is 6.21. The Balaban J connectivity index is 0.00000182. The Morgan fingerprint density at radius 1 is 1.24 bits per heavy atom. The van der Waals surface area contributed by atoms with E-state index in [0.717, 1.165) is 44.7 Å². The van der Waals surface area contributed by atoms with Crippen LogP contribution in [0.3, 0.4) is 0 Å². The first kappa shape index (κ1) is 19.7. The van der Waals surface area contributed by atoms with Crippen LogP contribution in [0.1, 0.15) is 39.5 Å². The van der Waals surface area contributed by atoms with Crippen LogP contribution in [-0.2, 0) is 4.74 Å². The van der Waals surface area contributed by atoms with Gasteiger partial charge >= 0.3 is 0 Å². The number of nitrogens with one attached hydrogen (secondary N) is 1. The number of hydrogen-bond acceptors (Lipinski definition) is 3. The lowest BCUT2D eigenvalue weighted by Crippen LogP contribution is -2.73. The van der Waals surface area contributed by atoms with Crippen LogP contribution in [0.25, 0.3) is 0 Å². The van der Waals surface area contributed by atoms with E-state index in [-0.39, 0.29) is 24.0 Å². The van der Waals surface area contributed by atoms with E-state index in [2.05, 4.69) is 34.0 Å². The number of fused-ring (bicyclic) bond motifs is 2. The Bertz CT molecular complexity index is 486. The van der Waals surface area contributed by atoms with Crippen molar-refractivity contribution in [1.82, 2.24) is 15.1 Å². The van der Waals surface area contributed by atoms with Crippen LogP contribution >= 0.6 is 24.0 Å². The third-order valence-electron chi connectivity index (χ3n) is 6.83. The second-order valence-electron chi connectivity index (χ2n) is 8.68. The van der Waals surface area contributed by atoms with Gasteiger partial charge in [-0.15, -0.1) is 24.0 Å². The Hall–Kier alpha value is -0.0800. The molecule has 144 valence electrons. The van der Waals surface area contributed by atoms with Gasteiger partial charge in [0.1, 0.15) is 0 Å². The average molecular weight is 462 g/mol. The molecule has 0 bridgehead atoms. The smallest absolute Gasteiger partial charge is 0.193 e. The molecule has 4 fully saturated rings. The van der Waals surface area contributed by atoms with Crippen LogP contribution in [0.15, 0.2) is 4.99 Å². The Morgan fingerprint density at radius 3 is 2.52 bits per heavy atom. The van der Waals surface area contributed by atoms with Gasteiger partial charge in [-0.25, -0.2) is 0 Å². The predicted molar refractivity (Wildman–Crippen MR) is 113 cm³/mol. The van der Waals surface area contributed by atoms with E-state index < -0.39 is 0 Å². The molecule has 2 saturated carbocycles. The summed E-state index contributed by atoms with van der Waals surface area (Å²) in [6, 6.07) is 0.589. The van der Waals surface area contributed by atoms with Crippen molar-refractivity contribution < 1.29 is 4.74 Å². The topological polar surface area (TPSA) is 40.1 Å². The molecule has 3 atom stereocenters. The van der Waals surface area contributed by atoms with Crippen LogP contribution in [-0.4, -0.2) is 74.3 Å². The summed E-state index contributed by atoms with van der Waals surface area (Å²) < 4.78 is 6.05. The Labute approximate surface area is 170 Å². The molecule has 3 unspecified atom stereocenters. The fourth-order valence-electron chi connectivity index (χ4n) is 5.55. The summed E-state index contributed by atoms with van der Waals surface area (Å²) in [6.45, 7) is 11.3. The third kappa shape index (κ3) is 3.43. The number of piperazine rings is 1. The summed E-state index contributed by atoms with van der Waals surface area (Å²) >= 11 is 0. The number of nitrogens with zero attached hydrogens (tertiary/aromatic N) is 3. The van der Waals surface area contributed by atoms with Gasteiger partial charge in [-0.05, 0) is 25.2 Å². The summed E-state index contributed by atoms with van der Waals surface area (Å²) in [4.78, 5) is 9.68. The molecule has 1 N–H and O–H groups in total. The van der Waals surface area contributed by atoms with Gasteiger partial charge in [0.05, 0.1) is 6.10 Å². The van der Waals surface area contributed by atoms with E-state index in [0.29, 0.717) is 23.5 Å². The molecule has 2 aliphatic carbocycles. The lowest BCUT2D eigenvalue weighted by atomic mass is 9.46. The van der Waals surface area contributed by atoms with E-state index in [4.69, 9.17) is 4.74 Å². The molecule has 0 amide bonds. The summed E-state index contributed by atoms with van der Waals surface area (Å²) in [5.41, 5.74) is 0.427. The van der Waals surface area contributed by atoms with Crippen molar-refractivity contribution >= 4 is 29.9 Å². The molecule has 0 aromatic rings. The Morgan fingerprint density at radius 2 is 1.96 bits per heavy atom. The van der Waals surface area contributed by atoms with E-state index in [1.807, 2.05) is 7.05 Å². The van der Waals surface area contributed by atoms with Crippen LogP contribution in [0.5, 0.6) is 0 Å². The first-order chi connectivity index (χ1) is 11.6. The van der Waals surface area contributed by atoms with Crippen molar-refractivity contribution in [2.75, 3.05) is 46.4 Å². The molecule has 6 heteroatoms. The maximum absolute atomic E-state index is 6.05. The molecular formula is C19H35IN4O. The van der Waals surface area contributed by atoms with Gasteiger partial charge in [-0.2, -0.15) is 0 Å². The predicted octanol–water partition coefficient (Wildman–Crippen LogP) is 2.41. The molecule has 4 rings (SSSR count). The molecule has 0 aromatic carbocycles. The molecule has 0 radical (unpaired) electrons. The third-order valence-corrected chi connectivity index (χ3v) is 6.83. The highest BCUT2D eigenvalue weighted by Gasteiger charge is 2.66. The van der Waals surface area contributed by atoms with E-state index in [9.17, 15) is 0 Å². The fraction of sp³-hybridized carbons (Fsp3) is 0.947. The zero-order valence-electron chi connectivity index (χ0n) is 16.0. The van der Waals surface area contributed by atoms with Gasteiger partial charge in [0.25, 0.3) is 0 Å². The second-order valence-corrected chi connectivity index (χ2v) is 8.68. The minimum Gasteiger partial charge on any atom is -0.377 e. The zero-order valence-corrected chi connectivity index (χ0v) is 18.4. The number of halogens is 1. The van der Waals surface area contributed by atoms with Crippen molar-refractivity contribution in [2.24, 2.45) is 22.2 Å². The molecule has 1 spiro atoms. The summed E-state index contributed by atoms with van der Waals surface area (Å²) in [6.07, 6.45) is 5.81. The lowest BCUT2D eigenvalue weighted by molar-refractivity contribution is -0.171. The zero-order chi connectivity index (χ0) is 16.7. The molecular weight excluding hydrogens is 427 g/mol.